The molecule has 0 atom stereocenters. The third kappa shape index (κ3) is 5.48. The van der Waals surface area contributed by atoms with Gasteiger partial charge in [-0.3, -0.25) is 0 Å². The second-order valence-electron chi connectivity index (χ2n) is 24.2. The zero-order valence-corrected chi connectivity index (χ0v) is 39.9. The maximum Gasteiger partial charge on any atom is 0.252 e. The zero-order valence-electron chi connectivity index (χ0n) is 39.9. The number of hydrogen-bond acceptors (Lipinski definition) is 2. The Morgan fingerprint density at radius 1 is 0.387 bits per heavy atom. The van der Waals surface area contributed by atoms with E-state index in [2.05, 4.69) is 210 Å². The topological polar surface area (TPSA) is 6.48 Å². The van der Waals surface area contributed by atoms with E-state index in [1.165, 1.54) is 106 Å². The van der Waals surface area contributed by atoms with Gasteiger partial charge in [-0.05, 0) is 180 Å². The van der Waals surface area contributed by atoms with E-state index in [9.17, 15) is 0 Å². The first-order valence-corrected chi connectivity index (χ1v) is 23.4. The highest BCUT2D eigenvalue weighted by Gasteiger charge is 2.50. The summed E-state index contributed by atoms with van der Waals surface area (Å²) in [6.45, 7) is 34.2. The van der Waals surface area contributed by atoms with Crippen molar-refractivity contribution in [3.8, 4) is 11.1 Å². The highest BCUT2D eigenvalue weighted by Crippen LogP contribution is 2.56. The maximum atomic E-state index is 2.69. The Morgan fingerprint density at radius 2 is 0.887 bits per heavy atom. The molecular formula is C59H65BN2. The third-order valence-corrected chi connectivity index (χ3v) is 16.3. The van der Waals surface area contributed by atoms with Gasteiger partial charge in [0.05, 0.1) is 0 Å². The number of nitrogens with zero attached hydrogens (tertiary/aromatic N) is 2. The van der Waals surface area contributed by atoms with Gasteiger partial charge >= 0.3 is 0 Å². The molecule has 2 heterocycles. The Balaban J connectivity index is 1.25. The molecule has 0 radical (unpaired) electrons. The van der Waals surface area contributed by atoms with Crippen LogP contribution in [0.2, 0.25) is 0 Å². The molecular weight excluding hydrogens is 747 g/mol. The van der Waals surface area contributed by atoms with E-state index in [1.807, 2.05) is 0 Å². The van der Waals surface area contributed by atoms with Crippen molar-refractivity contribution >= 4 is 57.2 Å². The summed E-state index contributed by atoms with van der Waals surface area (Å²) in [5.41, 5.74) is 26.7. The molecule has 0 saturated carbocycles. The molecule has 3 aliphatic carbocycles. The third-order valence-electron chi connectivity index (χ3n) is 16.3. The normalized spacial score (nSPS) is 20.6. The average Bonchev–Trinajstić information content (AvgIpc) is 3.59. The van der Waals surface area contributed by atoms with Crippen LogP contribution in [0.1, 0.15) is 147 Å². The van der Waals surface area contributed by atoms with Crippen molar-refractivity contribution in [1.82, 2.24) is 0 Å². The fourth-order valence-corrected chi connectivity index (χ4v) is 14.4. The standard InChI is InChI=1S/C59H65BN2/c1-35-24-51-53-52(25-35)62(49-30-44-41(26-36(49)2)55(5,6)33-58(44,11)12)48-23-20-38(37-18-16-15-17-19-37)27-46(48)60(53)47-29-43-45(59(13,14)34-57(43,9)10)31-50(47)61(51)39-21-22-40-42(28-39)56(7,8)32-54(40,3)4/h15-31H,32-34H2,1-14H3. The first-order valence-electron chi connectivity index (χ1n) is 23.4. The molecule has 314 valence electrons. The van der Waals surface area contributed by atoms with Crippen LogP contribution >= 0.6 is 0 Å². The summed E-state index contributed by atoms with van der Waals surface area (Å²) in [5, 5.41) is 0. The molecule has 2 nitrogen and oxygen atoms in total. The fraction of sp³-hybridized carbons (Fsp3) is 0.390. The van der Waals surface area contributed by atoms with Crippen LogP contribution in [0.3, 0.4) is 0 Å². The van der Waals surface area contributed by atoms with Crippen molar-refractivity contribution in [3.05, 3.63) is 148 Å². The number of rotatable bonds is 3. The van der Waals surface area contributed by atoms with Crippen LogP contribution in [0.15, 0.2) is 103 Å². The molecule has 0 amide bonds. The molecule has 11 rings (SSSR count). The molecule has 0 bridgehead atoms. The van der Waals surface area contributed by atoms with Gasteiger partial charge in [-0.1, -0.05) is 144 Å². The van der Waals surface area contributed by atoms with Crippen LogP contribution in [0.25, 0.3) is 11.1 Å². The van der Waals surface area contributed by atoms with Crippen LogP contribution in [-0.2, 0) is 32.5 Å². The smallest absolute Gasteiger partial charge is 0.252 e. The van der Waals surface area contributed by atoms with Crippen LogP contribution in [-0.4, -0.2) is 6.71 Å². The van der Waals surface area contributed by atoms with Gasteiger partial charge in [0.25, 0.3) is 6.71 Å². The van der Waals surface area contributed by atoms with Gasteiger partial charge in [0, 0.05) is 34.1 Å². The van der Waals surface area contributed by atoms with Crippen molar-refractivity contribution in [1.29, 1.82) is 0 Å². The molecule has 6 aromatic rings. The number of hydrogen-bond donors (Lipinski definition) is 0. The Hall–Kier alpha value is -5.02. The Labute approximate surface area is 372 Å². The highest BCUT2D eigenvalue weighted by atomic mass is 15.2. The molecule has 0 aromatic heterocycles. The van der Waals surface area contributed by atoms with Gasteiger partial charge in [0.2, 0.25) is 0 Å². The maximum absolute atomic E-state index is 2.69. The second kappa shape index (κ2) is 12.4. The molecule has 3 heteroatoms. The summed E-state index contributed by atoms with van der Waals surface area (Å²) < 4.78 is 0. The minimum Gasteiger partial charge on any atom is -0.311 e. The van der Waals surface area contributed by atoms with E-state index in [-0.39, 0.29) is 39.2 Å². The van der Waals surface area contributed by atoms with Gasteiger partial charge in [-0.2, -0.15) is 0 Å². The van der Waals surface area contributed by atoms with E-state index in [4.69, 9.17) is 0 Å². The van der Waals surface area contributed by atoms with E-state index in [0.29, 0.717) is 0 Å². The number of aryl methyl sites for hydroxylation is 2. The van der Waals surface area contributed by atoms with Crippen LogP contribution < -0.4 is 26.2 Å². The van der Waals surface area contributed by atoms with Gasteiger partial charge in [-0.25, -0.2) is 0 Å². The van der Waals surface area contributed by atoms with E-state index >= 15 is 0 Å². The minimum atomic E-state index is 0.0569. The molecule has 0 saturated heterocycles. The molecule has 5 aliphatic rings. The molecule has 0 N–H and O–H groups in total. The Bertz CT molecular complexity index is 2920. The van der Waals surface area contributed by atoms with E-state index in [1.54, 1.807) is 0 Å². The first kappa shape index (κ1) is 39.8. The van der Waals surface area contributed by atoms with E-state index in [0.717, 1.165) is 19.3 Å². The lowest BCUT2D eigenvalue weighted by Gasteiger charge is -2.45. The van der Waals surface area contributed by atoms with Crippen LogP contribution in [0.5, 0.6) is 0 Å². The summed E-state index contributed by atoms with van der Waals surface area (Å²) in [7, 11) is 0. The molecule has 0 fully saturated rings. The van der Waals surface area contributed by atoms with E-state index < -0.39 is 0 Å². The number of fused-ring (bicyclic) bond motifs is 7. The van der Waals surface area contributed by atoms with Crippen molar-refractivity contribution in [2.45, 2.75) is 149 Å². The fourth-order valence-electron chi connectivity index (χ4n) is 14.4. The Kier molecular flexibility index (Phi) is 7.94. The summed E-state index contributed by atoms with van der Waals surface area (Å²) in [4.78, 5) is 5.35. The zero-order chi connectivity index (χ0) is 43.8. The SMILES string of the molecule is Cc1cc2c3c(c1)N(c1cc4c(cc1C)C(C)(C)CC4(C)C)c1ccc(-c4ccccc4)cc1B3c1cc3c(cc1N2c1ccc2c(c1)C(C)(C)CC2(C)C)C(C)(C)CC3(C)C. The predicted molar refractivity (Wildman–Crippen MR) is 267 cm³/mol. The summed E-state index contributed by atoms with van der Waals surface area (Å²) in [6.07, 6.45) is 3.43. The van der Waals surface area contributed by atoms with Gasteiger partial charge in [-0.15, -0.1) is 0 Å². The minimum absolute atomic E-state index is 0.0569. The molecule has 0 spiro atoms. The predicted octanol–water partition coefficient (Wildman–Crippen LogP) is 13.9. The van der Waals surface area contributed by atoms with Gasteiger partial charge in [0.1, 0.15) is 0 Å². The quantitative estimate of drug-likeness (QED) is 0.164. The summed E-state index contributed by atoms with van der Waals surface area (Å²) >= 11 is 0. The molecule has 62 heavy (non-hydrogen) atoms. The lowest BCUT2D eigenvalue weighted by Crippen LogP contribution is -2.61. The molecule has 2 aliphatic heterocycles. The van der Waals surface area contributed by atoms with Crippen LogP contribution in [0.4, 0.5) is 34.1 Å². The second-order valence-corrected chi connectivity index (χ2v) is 24.2. The lowest BCUT2D eigenvalue weighted by atomic mass is 9.33. The first-order chi connectivity index (χ1) is 29.0. The average molecular weight is 813 g/mol. The summed E-state index contributed by atoms with van der Waals surface area (Å²) in [5.74, 6) is 0. The van der Waals surface area contributed by atoms with Crippen molar-refractivity contribution in [2.24, 2.45) is 0 Å². The van der Waals surface area contributed by atoms with Crippen molar-refractivity contribution in [2.75, 3.05) is 9.80 Å². The number of benzene rings is 6. The largest absolute Gasteiger partial charge is 0.311 e. The monoisotopic (exact) mass is 813 g/mol. The highest BCUT2D eigenvalue weighted by molar-refractivity contribution is 7.00. The molecule has 6 aromatic carbocycles. The molecule has 0 unspecified atom stereocenters. The van der Waals surface area contributed by atoms with Crippen LogP contribution in [0, 0.1) is 13.8 Å². The van der Waals surface area contributed by atoms with Gasteiger partial charge < -0.3 is 9.80 Å². The lowest BCUT2D eigenvalue weighted by molar-refractivity contribution is 0.402. The van der Waals surface area contributed by atoms with Gasteiger partial charge in [0.15, 0.2) is 0 Å². The number of anilines is 6. The van der Waals surface area contributed by atoms with Crippen molar-refractivity contribution < 1.29 is 0 Å². The Morgan fingerprint density at radius 3 is 1.50 bits per heavy atom. The van der Waals surface area contributed by atoms with Crippen molar-refractivity contribution in [3.63, 3.8) is 0 Å². The summed E-state index contributed by atoms with van der Waals surface area (Å²) in [6, 6.07) is 41.3.